The second-order valence-corrected chi connectivity index (χ2v) is 5.91. The van der Waals surface area contributed by atoms with Crippen molar-refractivity contribution in [2.24, 2.45) is 0 Å². The molecule has 7 nitrogen and oxygen atoms in total. The average Bonchev–Trinajstić information content (AvgIpc) is 3.10. The van der Waals surface area contributed by atoms with Gasteiger partial charge in [0.15, 0.2) is 19.0 Å². The second kappa shape index (κ2) is 8.63. The minimum atomic E-state index is -4.42. The molecule has 1 heterocycles. The predicted octanol–water partition coefficient (Wildman–Crippen LogP) is 3.99. The lowest BCUT2D eigenvalue weighted by molar-refractivity contribution is -0.137. The summed E-state index contributed by atoms with van der Waals surface area (Å²) in [6.07, 6.45) is -4.42. The Morgan fingerprint density at radius 3 is 2.21 bits per heavy atom. The van der Waals surface area contributed by atoms with E-state index in [0.29, 0.717) is 23.2 Å². The van der Waals surface area contributed by atoms with E-state index < -0.39 is 17.6 Å². The van der Waals surface area contributed by atoms with Crippen molar-refractivity contribution in [2.45, 2.75) is 19.7 Å². The molecule has 10 heteroatoms. The Balaban J connectivity index is 1.45. The quantitative estimate of drug-likeness (QED) is 0.637. The maximum atomic E-state index is 12.5. The summed E-state index contributed by atoms with van der Waals surface area (Å²) in [6.45, 7) is 1.52. The van der Waals surface area contributed by atoms with Gasteiger partial charge in [0.2, 0.25) is 0 Å². The van der Waals surface area contributed by atoms with Crippen molar-refractivity contribution in [3.05, 3.63) is 65.8 Å². The number of carbonyl (C=O) groups is 1. The summed E-state index contributed by atoms with van der Waals surface area (Å²) in [7, 11) is 0. The highest BCUT2D eigenvalue weighted by Crippen LogP contribution is 2.29. The Labute approximate surface area is 163 Å². The molecule has 0 atom stereocenters. The van der Waals surface area contributed by atoms with Gasteiger partial charge in [-0.2, -0.15) is 18.2 Å². The van der Waals surface area contributed by atoms with E-state index in [9.17, 15) is 18.0 Å². The molecule has 0 radical (unpaired) electrons. The Morgan fingerprint density at radius 2 is 1.66 bits per heavy atom. The van der Waals surface area contributed by atoms with Crippen LogP contribution in [0.25, 0.3) is 0 Å². The number of benzene rings is 2. The van der Waals surface area contributed by atoms with Crippen molar-refractivity contribution in [3.8, 4) is 11.5 Å². The van der Waals surface area contributed by atoms with E-state index in [1.54, 1.807) is 31.2 Å². The summed E-state index contributed by atoms with van der Waals surface area (Å²) in [4.78, 5) is 15.9. The predicted molar refractivity (Wildman–Crippen MR) is 95.4 cm³/mol. The molecule has 0 saturated heterocycles. The van der Waals surface area contributed by atoms with Gasteiger partial charge in [-0.1, -0.05) is 5.16 Å². The monoisotopic (exact) mass is 407 g/mol. The van der Waals surface area contributed by atoms with E-state index in [4.69, 9.17) is 14.0 Å². The average molecular weight is 407 g/mol. The van der Waals surface area contributed by atoms with Gasteiger partial charge in [0.05, 0.1) is 5.56 Å². The van der Waals surface area contributed by atoms with Crippen LogP contribution in [0.3, 0.4) is 0 Å². The van der Waals surface area contributed by atoms with Gasteiger partial charge in [-0.25, -0.2) is 0 Å². The molecule has 1 amide bonds. The van der Waals surface area contributed by atoms with Crippen LogP contribution < -0.4 is 14.8 Å². The molecular weight excluding hydrogens is 391 g/mol. The van der Waals surface area contributed by atoms with Gasteiger partial charge in [-0.3, -0.25) is 4.79 Å². The fourth-order valence-electron chi connectivity index (χ4n) is 2.26. The molecule has 0 unspecified atom stereocenters. The molecule has 0 aliphatic heterocycles. The van der Waals surface area contributed by atoms with Crippen LogP contribution in [0.5, 0.6) is 11.5 Å². The minimum Gasteiger partial charge on any atom is -0.484 e. The number of carbonyl (C=O) groups excluding carboxylic acids is 1. The second-order valence-electron chi connectivity index (χ2n) is 5.91. The highest BCUT2D eigenvalue weighted by atomic mass is 19.4. The van der Waals surface area contributed by atoms with Crippen molar-refractivity contribution < 1.29 is 32.0 Å². The third kappa shape index (κ3) is 5.96. The van der Waals surface area contributed by atoms with Crippen molar-refractivity contribution in [2.75, 3.05) is 11.9 Å². The van der Waals surface area contributed by atoms with Gasteiger partial charge in [0.1, 0.15) is 11.5 Å². The number of halogens is 3. The lowest BCUT2D eigenvalue weighted by atomic mass is 10.2. The Morgan fingerprint density at radius 1 is 1.03 bits per heavy atom. The third-order valence-corrected chi connectivity index (χ3v) is 3.62. The van der Waals surface area contributed by atoms with Crippen molar-refractivity contribution in [1.29, 1.82) is 0 Å². The molecule has 0 aliphatic carbocycles. The van der Waals surface area contributed by atoms with E-state index in [2.05, 4.69) is 15.5 Å². The number of nitrogens with zero attached hydrogens (tertiary/aromatic N) is 2. The van der Waals surface area contributed by atoms with Gasteiger partial charge in [-0.05, 0) is 55.5 Å². The molecule has 1 N–H and O–H groups in total. The molecular formula is C19H16F3N3O4. The fraction of sp³-hybridized carbons (Fsp3) is 0.211. The largest absolute Gasteiger partial charge is 0.484 e. The minimum absolute atomic E-state index is 0.122. The van der Waals surface area contributed by atoms with Gasteiger partial charge in [-0.15, -0.1) is 0 Å². The first-order valence-corrected chi connectivity index (χ1v) is 8.41. The zero-order valence-electron chi connectivity index (χ0n) is 15.2. The maximum Gasteiger partial charge on any atom is 0.416 e. The molecule has 3 rings (SSSR count). The number of alkyl halides is 3. The van der Waals surface area contributed by atoms with Crippen LogP contribution in [-0.2, 0) is 17.6 Å². The first kappa shape index (κ1) is 20.2. The number of rotatable bonds is 7. The molecule has 0 aliphatic rings. The molecule has 0 spiro atoms. The Hall–Kier alpha value is -3.56. The smallest absolute Gasteiger partial charge is 0.416 e. The van der Waals surface area contributed by atoms with Gasteiger partial charge in [0.25, 0.3) is 11.8 Å². The summed E-state index contributed by atoms with van der Waals surface area (Å²) in [5, 5.41) is 6.12. The number of hydrogen-bond donors (Lipinski definition) is 1. The van der Waals surface area contributed by atoms with E-state index in [-0.39, 0.29) is 18.9 Å². The number of anilines is 1. The van der Waals surface area contributed by atoms with Gasteiger partial charge in [0, 0.05) is 5.69 Å². The normalized spacial score (nSPS) is 11.2. The van der Waals surface area contributed by atoms with E-state index in [1.165, 1.54) is 12.1 Å². The number of amides is 1. The van der Waals surface area contributed by atoms with Crippen LogP contribution in [0.2, 0.25) is 0 Å². The molecule has 29 heavy (non-hydrogen) atoms. The van der Waals surface area contributed by atoms with Crippen LogP contribution >= 0.6 is 0 Å². The number of aryl methyl sites for hydroxylation is 1. The zero-order chi connectivity index (χ0) is 20.9. The van der Waals surface area contributed by atoms with E-state index in [1.807, 2.05) is 0 Å². The summed E-state index contributed by atoms with van der Waals surface area (Å²) in [5.41, 5.74) is -0.546. The molecule has 0 bridgehead atoms. The SMILES string of the molecule is Cc1noc(COc2ccc(OCC(=O)Nc3ccc(C(F)(F)F)cc3)cc2)n1. The van der Waals surface area contributed by atoms with Crippen LogP contribution in [0.1, 0.15) is 17.3 Å². The standard InChI is InChI=1S/C19H16F3N3O4/c1-12-23-18(29-25-12)11-28-16-8-6-15(7-9-16)27-10-17(26)24-14-4-2-13(3-5-14)19(20,21)22/h2-9H,10-11H2,1H3,(H,24,26). The van der Waals surface area contributed by atoms with E-state index in [0.717, 1.165) is 12.1 Å². The Kier molecular flexibility index (Phi) is 6.01. The van der Waals surface area contributed by atoms with Crippen LogP contribution in [0.15, 0.2) is 53.1 Å². The van der Waals surface area contributed by atoms with Crippen LogP contribution in [0, 0.1) is 6.92 Å². The van der Waals surface area contributed by atoms with E-state index >= 15 is 0 Å². The molecule has 3 aromatic rings. The lowest BCUT2D eigenvalue weighted by Gasteiger charge is -2.10. The highest BCUT2D eigenvalue weighted by molar-refractivity contribution is 5.91. The maximum absolute atomic E-state index is 12.5. The van der Waals surface area contributed by atoms with Crippen molar-refractivity contribution in [3.63, 3.8) is 0 Å². The Bertz CT molecular complexity index is 954. The lowest BCUT2D eigenvalue weighted by Crippen LogP contribution is -2.20. The van der Waals surface area contributed by atoms with Crippen LogP contribution in [-0.4, -0.2) is 22.7 Å². The molecule has 152 valence electrons. The molecule has 2 aromatic carbocycles. The summed E-state index contributed by atoms with van der Waals surface area (Å²) >= 11 is 0. The number of nitrogens with one attached hydrogen (secondary N) is 1. The van der Waals surface area contributed by atoms with Crippen molar-refractivity contribution in [1.82, 2.24) is 10.1 Å². The summed E-state index contributed by atoms with van der Waals surface area (Å²) in [5.74, 6) is 1.33. The molecule has 0 fully saturated rings. The first-order valence-electron chi connectivity index (χ1n) is 8.41. The number of ether oxygens (including phenoxy) is 2. The number of hydrogen-bond acceptors (Lipinski definition) is 6. The zero-order valence-corrected chi connectivity index (χ0v) is 15.2. The first-order chi connectivity index (χ1) is 13.8. The number of aromatic nitrogens is 2. The van der Waals surface area contributed by atoms with Gasteiger partial charge >= 0.3 is 6.18 Å². The van der Waals surface area contributed by atoms with Gasteiger partial charge < -0.3 is 19.3 Å². The van der Waals surface area contributed by atoms with Crippen LogP contribution in [0.4, 0.5) is 18.9 Å². The summed E-state index contributed by atoms with van der Waals surface area (Å²) < 4.78 is 53.4. The fourth-order valence-corrected chi connectivity index (χ4v) is 2.26. The molecule has 0 saturated carbocycles. The molecule has 1 aromatic heterocycles. The highest BCUT2D eigenvalue weighted by Gasteiger charge is 2.29. The van der Waals surface area contributed by atoms with Crippen molar-refractivity contribution >= 4 is 11.6 Å². The topological polar surface area (TPSA) is 86.5 Å². The third-order valence-electron chi connectivity index (χ3n) is 3.62. The summed E-state index contributed by atoms with van der Waals surface area (Å²) in [6, 6.07) is 10.7.